The number of aromatic amines is 2. The van der Waals surface area contributed by atoms with Gasteiger partial charge in [0.1, 0.15) is 0 Å². The molecule has 2 aromatic rings. The zero-order valence-electron chi connectivity index (χ0n) is 6.61. The van der Waals surface area contributed by atoms with E-state index in [4.69, 9.17) is 5.41 Å². The van der Waals surface area contributed by atoms with Gasteiger partial charge in [0.25, 0.3) is 11.2 Å². The number of hydrogen-bond acceptors (Lipinski definition) is 6. The van der Waals surface area contributed by atoms with E-state index >= 15 is 0 Å². The normalized spacial score (nSPS) is 10.6. The van der Waals surface area contributed by atoms with Crippen molar-refractivity contribution in [2.24, 2.45) is 0 Å². The maximum atomic E-state index is 11.2. The van der Waals surface area contributed by atoms with Gasteiger partial charge in [0.05, 0.1) is 0 Å². The molecule has 0 aromatic carbocycles. The van der Waals surface area contributed by atoms with Crippen molar-refractivity contribution in [1.29, 1.82) is 5.41 Å². The SMILES string of the molecule is N=c1nnc2[nH]c(=O)[nH]c(=O)c2n1O. The highest BCUT2D eigenvalue weighted by Crippen LogP contribution is 1.91. The largest absolute Gasteiger partial charge is 0.425 e. The van der Waals surface area contributed by atoms with Gasteiger partial charge in [-0.2, -0.15) is 0 Å². The number of fused-ring (bicyclic) bond motifs is 1. The Morgan fingerprint density at radius 1 is 1.29 bits per heavy atom. The van der Waals surface area contributed by atoms with Crippen molar-refractivity contribution >= 4 is 11.2 Å². The van der Waals surface area contributed by atoms with Gasteiger partial charge < -0.3 is 5.21 Å². The molecule has 0 saturated carbocycles. The highest BCUT2D eigenvalue weighted by atomic mass is 16.5. The van der Waals surface area contributed by atoms with Gasteiger partial charge in [0.2, 0.25) is 0 Å². The lowest BCUT2D eigenvalue weighted by Gasteiger charge is -1.98. The smallest absolute Gasteiger partial charge is 0.327 e. The summed E-state index contributed by atoms with van der Waals surface area (Å²) in [7, 11) is 0. The fourth-order valence-corrected chi connectivity index (χ4v) is 0.982. The van der Waals surface area contributed by atoms with Gasteiger partial charge in [0.15, 0.2) is 11.2 Å². The summed E-state index contributed by atoms with van der Waals surface area (Å²) in [6.07, 6.45) is 0. The van der Waals surface area contributed by atoms with Gasteiger partial charge in [-0.1, -0.05) is 0 Å². The van der Waals surface area contributed by atoms with Crippen LogP contribution >= 0.6 is 0 Å². The molecule has 0 saturated heterocycles. The first-order chi connectivity index (χ1) is 6.59. The first-order valence-corrected chi connectivity index (χ1v) is 3.45. The molecule has 0 aliphatic carbocycles. The second-order valence-corrected chi connectivity index (χ2v) is 2.44. The minimum atomic E-state index is -0.838. The predicted octanol–water partition coefficient (Wildman–Crippen LogP) is -2.48. The van der Waals surface area contributed by atoms with Crippen LogP contribution in [-0.2, 0) is 0 Å². The standard InChI is InChI=1S/C5H4N6O3/c6-4-10-9-2-1(11(4)14)3(12)8-5(13)7-2/h6,14H,(H2,7,8,12,13). The molecule has 0 aliphatic rings. The number of aromatic nitrogens is 5. The lowest BCUT2D eigenvalue weighted by Crippen LogP contribution is -2.31. The van der Waals surface area contributed by atoms with E-state index in [0.717, 1.165) is 0 Å². The topological polar surface area (TPSA) is 141 Å². The maximum Gasteiger partial charge on any atom is 0.327 e. The summed E-state index contributed by atoms with van der Waals surface area (Å²) < 4.78 is 0.233. The first kappa shape index (κ1) is 8.16. The van der Waals surface area contributed by atoms with E-state index in [-0.39, 0.29) is 15.9 Å². The van der Waals surface area contributed by atoms with E-state index in [1.54, 1.807) is 0 Å². The Labute approximate surface area is 74.1 Å². The minimum absolute atomic E-state index is 0.183. The molecule has 9 heteroatoms. The number of H-pyrrole nitrogens is 2. The summed E-state index contributed by atoms with van der Waals surface area (Å²) in [6.45, 7) is 0. The summed E-state index contributed by atoms with van der Waals surface area (Å²) >= 11 is 0. The number of nitrogens with zero attached hydrogens (tertiary/aromatic N) is 3. The molecule has 0 unspecified atom stereocenters. The summed E-state index contributed by atoms with van der Waals surface area (Å²) in [5, 5.41) is 22.8. The van der Waals surface area contributed by atoms with Crippen LogP contribution in [0.5, 0.6) is 0 Å². The van der Waals surface area contributed by atoms with Crippen molar-refractivity contribution in [1.82, 2.24) is 24.9 Å². The molecule has 4 N–H and O–H groups in total. The Hall–Kier alpha value is -2.45. The average Bonchev–Trinajstić information content (AvgIpc) is 2.10. The Balaban J connectivity index is 3.19. The Bertz CT molecular complexity index is 663. The summed E-state index contributed by atoms with van der Waals surface area (Å²) in [5.74, 6) is 0. The molecule has 0 aliphatic heterocycles. The molecule has 9 nitrogen and oxygen atoms in total. The molecular formula is C5H4N6O3. The van der Waals surface area contributed by atoms with Crippen LogP contribution in [-0.4, -0.2) is 30.1 Å². The van der Waals surface area contributed by atoms with Crippen molar-refractivity contribution in [3.63, 3.8) is 0 Å². The van der Waals surface area contributed by atoms with Crippen LogP contribution in [0.3, 0.4) is 0 Å². The van der Waals surface area contributed by atoms with E-state index in [1.165, 1.54) is 0 Å². The minimum Gasteiger partial charge on any atom is -0.425 e. The lowest BCUT2D eigenvalue weighted by molar-refractivity contribution is 0.176. The van der Waals surface area contributed by atoms with E-state index in [2.05, 4.69) is 15.2 Å². The van der Waals surface area contributed by atoms with Crippen molar-refractivity contribution in [2.45, 2.75) is 0 Å². The quantitative estimate of drug-likeness (QED) is 0.345. The summed E-state index contributed by atoms with van der Waals surface area (Å²) in [6, 6.07) is 0. The van der Waals surface area contributed by atoms with Gasteiger partial charge in [-0.05, 0) is 0 Å². The molecule has 0 atom stereocenters. The van der Waals surface area contributed by atoms with E-state index < -0.39 is 16.9 Å². The predicted molar refractivity (Wildman–Crippen MR) is 41.8 cm³/mol. The molecular weight excluding hydrogens is 192 g/mol. The van der Waals surface area contributed by atoms with Crippen molar-refractivity contribution in [3.8, 4) is 0 Å². The van der Waals surface area contributed by atoms with E-state index in [1.807, 2.05) is 4.98 Å². The van der Waals surface area contributed by atoms with Crippen LogP contribution < -0.4 is 16.9 Å². The molecule has 0 fully saturated rings. The zero-order valence-corrected chi connectivity index (χ0v) is 6.61. The molecule has 72 valence electrons. The molecule has 14 heavy (non-hydrogen) atoms. The second-order valence-electron chi connectivity index (χ2n) is 2.44. The van der Waals surface area contributed by atoms with E-state index in [9.17, 15) is 14.8 Å². The molecule has 0 amide bonds. The fourth-order valence-electron chi connectivity index (χ4n) is 0.982. The molecule has 0 radical (unpaired) electrons. The molecule has 2 aromatic heterocycles. The van der Waals surface area contributed by atoms with Gasteiger partial charge >= 0.3 is 5.69 Å². The van der Waals surface area contributed by atoms with Crippen LogP contribution in [0.2, 0.25) is 0 Å². The summed E-state index contributed by atoms with van der Waals surface area (Å²) in [5.41, 5.74) is -2.71. The highest BCUT2D eigenvalue weighted by molar-refractivity contribution is 5.66. The van der Waals surface area contributed by atoms with Gasteiger partial charge in [-0.25, -0.2) is 4.79 Å². The summed E-state index contributed by atoms with van der Waals surface area (Å²) in [4.78, 5) is 26.0. The lowest BCUT2D eigenvalue weighted by atomic mass is 10.5. The third-order valence-electron chi connectivity index (χ3n) is 1.56. The van der Waals surface area contributed by atoms with Crippen molar-refractivity contribution < 1.29 is 5.21 Å². The Kier molecular flexibility index (Phi) is 1.47. The third kappa shape index (κ3) is 0.990. The average molecular weight is 196 g/mol. The number of nitrogens with one attached hydrogen (secondary N) is 3. The van der Waals surface area contributed by atoms with E-state index in [0.29, 0.717) is 0 Å². The highest BCUT2D eigenvalue weighted by Gasteiger charge is 2.07. The number of rotatable bonds is 0. The second kappa shape index (κ2) is 2.52. The fraction of sp³-hybridized carbons (Fsp3) is 0. The van der Waals surface area contributed by atoms with Gasteiger partial charge in [-0.15, -0.1) is 14.9 Å². The third-order valence-corrected chi connectivity index (χ3v) is 1.56. The maximum absolute atomic E-state index is 11.2. The number of hydrogen-bond donors (Lipinski definition) is 4. The van der Waals surface area contributed by atoms with Gasteiger partial charge in [-0.3, -0.25) is 20.2 Å². The Morgan fingerprint density at radius 3 is 2.71 bits per heavy atom. The van der Waals surface area contributed by atoms with Crippen LogP contribution in [0.25, 0.3) is 11.2 Å². The van der Waals surface area contributed by atoms with Gasteiger partial charge in [0, 0.05) is 0 Å². The molecule has 2 rings (SSSR count). The van der Waals surface area contributed by atoms with Crippen LogP contribution in [0.15, 0.2) is 9.59 Å². The van der Waals surface area contributed by atoms with Crippen molar-refractivity contribution in [3.05, 3.63) is 26.5 Å². The van der Waals surface area contributed by atoms with Crippen LogP contribution in [0.1, 0.15) is 0 Å². The Morgan fingerprint density at radius 2 is 2.00 bits per heavy atom. The zero-order chi connectivity index (χ0) is 10.3. The first-order valence-electron chi connectivity index (χ1n) is 3.45. The molecule has 2 heterocycles. The van der Waals surface area contributed by atoms with Crippen LogP contribution in [0.4, 0.5) is 0 Å². The van der Waals surface area contributed by atoms with Crippen LogP contribution in [0, 0.1) is 5.41 Å². The van der Waals surface area contributed by atoms with Crippen molar-refractivity contribution in [2.75, 3.05) is 0 Å². The molecule has 0 spiro atoms. The monoisotopic (exact) mass is 196 g/mol. The molecule has 0 bridgehead atoms.